The lowest BCUT2D eigenvalue weighted by Crippen LogP contribution is -2.44. The van der Waals surface area contributed by atoms with E-state index in [0.717, 1.165) is 19.6 Å². The topological polar surface area (TPSA) is 68.8 Å². The number of rotatable bonds is 7. The fourth-order valence-electron chi connectivity index (χ4n) is 3.26. The summed E-state index contributed by atoms with van der Waals surface area (Å²) in [6.45, 7) is 3.01. The summed E-state index contributed by atoms with van der Waals surface area (Å²) in [7, 11) is 1.68. The number of amides is 1. The Morgan fingerprint density at radius 2 is 1.96 bits per heavy atom. The number of likely N-dealkylation sites (tertiary alicyclic amines) is 1. The summed E-state index contributed by atoms with van der Waals surface area (Å²) in [5, 5.41) is 11.2. The summed E-state index contributed by atoms with van der Waals surface area (Å²) in [6, 6.07) is 10.2. The van der Waals surface area contributed by atoms with E-state index in [1.54, 1.807) is 18.4 Å². The normalized spacial score (nSPS) is 16.0. The number of carbonyl (C=O) groups excluding carboxylic acids is 1. The van der Waals surface area contributed by atoms with Gasteiger partial charge in [0, 0.05) is 24.2 Å². The number of nitrogens with one attached hydrogen (secondary N) is 3. The summed E-state index contributed by atoms with van der Waals surface area (Å²) in [4.78, 5) is 20.1. The molecule has 6 nitrogen and oxygen atoms in total. The van der Waals surface area contributed by atoms with Gasteiger partial charge >= 0.3 is 0 Å². The van der Waals surface area contributed by atoms with Crippen molar-refractivity contribution in [3.63, 3.8) is 0 Å². The van der Waals surface area contributed by atoms with Crippen LogP contribution in [0, 0.1) is 5.82 Å². The van der Waals surface area contributed by atoms with Gasteiger partial charge in [0.15, 0.2) is 5.96 Å². The van der Waals surface area contributed by atoms with E-state index in [1.165, 1.54) is 42.0 Å². The van der Waals surface area contributed by atoms with Crippen LogP contribution in [0.4, 0.5) is 10.1 Å². The van der Waals surface area contributed by atoms with Crippen molar-refractivity contribution in [2.45, 2.75) is 18.9 Å². The molecule has 1 saturated heterocycles. The zero-order valence-electron chi connectivity index (χ0n) is 16.0. The molecule has 1 aliphatic heterocycles. The fraction of sp³-hybridized carbons (Fsp3) is 0.400. The smallest absolute Gasteiger partial charge is 0.243 e. The second kappa shape index (κ2) is 10.2. The van der Waals surface area contributed by atoms with Gasteiger partial charge in [0.1, 0.15) is 5.82 Å². The lowest BCUT2D eigenvalue weighted by Gasteiger charge is -2.27. The average molecular weight is 404 g/mol. The van der Waals surface area contributed by atoms with E-state index < -0.39 is 0 Å². The number of hydrogen-bond acceptors (Lipinski definition) is 4. The zero-order chi connectivity index (χ0) is 19.8. The van der Waals surface area contributed by atoms with Gasteiger partial charge in [-0.25, -0.2) is 4.39 Å². The number of benzene rings is 1. The van der Waals surface area contributed by atoms with Crippen LogP contribution in [0.25, 0.3) is 0 Å². The van der Waals surface area contributed by atoms with Crippen LogP contribution in [0.15, 0.2) is 46.8 Å². The molecule has 1 aromatic heterocycles. The van der Waals surface area contributed by atoms with E-state index in [9.17, 15) is 9.18 Å². The molecule has 1 amide bonds. The van der Waals surface area contributed by atoms with Crippen LogP contribution in [0.1, 0.15) is 23.8 Å². The molecule has 1 unspecified atom stereocenters. The van der Waals surface area contributed by atoms with Crippen molar-refractivity contribution >= 4 is 28.9 Å². The molecule has 2 heterocycles. The predicted octanol–water partition coefficient (Wildman–Crippen LogP) is 2.83. The molecular weight excluding hydrogens is 377 g/mol. The van der Waals surface area contributed by atoms with Gasteiger partial charge in [0.25, 0.3) is 0 Å². The summed E-state index contributed by atoms with van der Waals surface area (Å²) in [6.07, 6.45) is 2.47. The molecule has 0 radical (unpaired) electrons. The van der Waals surface area contributed by atoms with Crippen LogP contribution in [-0.4, -0.2) is 50.0 Å². The quantitative estimate of drug-likeness (QED) is 0.491. The van der Waals surface area contributed by atoms with E-state index in [1.807, 2.05) is 0 Å². The Morgan fingerprint density at radius 3 is 2.61 bits per heavy atom. The van der Waals surface area contributed by atoms with Crippen LogP contribution in [-0.2, 0) is 4.79 Å². The van der Waals surface area contributed by atoms with Gasteiger partial charge < -0.3 is 16.0 Å². The lowest BCUT2D eigenvalue weighted by molar-refractivity contribution is -0.115. The average Bonchev–Trinajstić information content (AvgIpc) is 3.41. The molecule has 3 rings (SSSR count). The van der Waals surface area contributed by atoms with E-state index in [0.29, 0.717) is 17.7 Å². The Balaban J connectivity index is 1.49. The first kappa shape index (κ1) is 20.3. The molecule has 1 fully saturated rings. The second-order valence-corrected chi connectivity index (χ2v) is 7.62. The van der Waals surface area contributed by atoms with Crippen molar-refractivity contribution in [2.75, 3.05) is 38.5 Å². The van der Waals surface area contributed by atoms with Crippen molar-refractivity contribution in [3.05, 3.63) is 52.5 Å². The molecule has 0 bridgehead atoms. The van der Waals surface area contributed by atoms with Crippen LogP contribution in [0.2, 0.25) is 0 Å². The maximum atomic E-state index is 12.9. The third-order valence-electron chi connectivity index (χ3n) is 4.68. The molecule has 1 aromatic carbocycles. The van der Waals surface area contributed by atoms with Gasteiger partial charge in [0.05, 0.1) is 12.6 Å². The summed E-state index contributed by atoms with van der Waals surface area (Å²) < 4.78 is 12.9. The number of thiophene rings is 1. The van der Waals surface area contributed by atoms with Crippen LogP contribution < -0.4 is 16.0 Å². The standard InChI is InChI=1S/C20H26FN5OS/c1-22-20(24-14-19(27)25-16-8-6-15(21)7-9-16)23-13-17(18-5-4-12-28-18)26-10-2-3-11-26/h4-9,12,17H,2-3,10-11,13-14H2,1H3,(H,25,27)(H2,22,23,24). The highest BCUT2D eigenvalue weighted by Crippen LogP contribution is 2.27. The van der Waals surface area contributed by atoms with Gasteiger partial charge in [-0.15, -0.1) is 11.3 Å². The fourth-order valence-corrected chi connectivity index (χ4v) is 4.12. The molecule has 0 spiro atoms. The van der Waals surface area contributed by atoms with Crippen LogP contribution >= 0.6 is 11.3 Å². The van der Waals surface area contributed by atoms with Gasteiger partial charge in [-0.05, 0) is 61.6 Å². The molecule has 1 aliphatic rings. The third-order valence-corrected chi connectivity index (χ3v) is 5.66. The van der Waals surface area contributed by atoms with E-state index >= 15 is 0 Å². The highest BCUT2D eigenvalue weighted by atomic mass is 32.1. The Bertz CT molecular complexity index is 772. The molecule has 0 aliphatic carbocycles. The maximum absolute atomic E-state index is 12.9. The number of hydrogen-bond donors (Lipinski definition) is 3. The van der Waals surface area contributed by atoms with Crippen molar-refractivity contribution in [3.8, 4) is 0 Å². The second-order valence-electron chi connectivity index (χ2n) is 6.64. The highest BCUT2D eigenvalue weighted by molar-refractivity contribution is 7.10. The van der Waals surface area contributed by atoms with Crippen LogP contribution in [0.5, 0.6) is 0 Å². The Labute approximate surface area is 168 Å². The first-order valence-corrected chi connectivity index (χ1v) is 10.3. The predicted molar refractivity (Wildman–Crippen MR) is 112 cm³/mol. The lowest BCUT2D eigenvalue weighted by atomic mass is 10.2. The van der Waals surface area contributed by atoms with E-state index in [-0.39, 0.29) is 18.3 Å². The minimum absolute atomic E-state index is 0.0738. The monoisotopic (exact) mass is 403 g/mol. The molecular formula is C20H26FN5OS. The zero-order valence-corrected chi connectivity index (χ0v) is 16.8. The van der Waals surface area contributed by atoms with E-state index in [4.69, 9.17) is 0 Å². The number of halogens is 1. The maximum Gasteiger partial charge on any atom is 0.243 e. The number of anilines is 1. The first-order chi connectivity index (χ1) is 13.7. The number of guanidine groups is 1. The molecule has 1 atom stereocenters. The number of carbonyl (C=O) groups is 1. The summed E-state index contributed by atoms with van der Waals surface area (Å²) in [5.74, 6) is 0.0259. The van der Waals surface area contributed by atoms with Crippen molar-refractivity contribution in [2.24, 2.45) is 4.99 Å². The Hall–Kier alpha value is -2.45. The summed E-state index contributed by atoms with van der Waals surface area (Å²) >= 11 is 1.76. The van der Waals surface area contributed by atoms with Crippen molar-refractivity contribution in [1.29, 1.82) is 0 Å². The largest absolute Gasteiger partial charge is 0.354 e. The van der Waals surface area contributed by atoms with Gasteiger partial charge in [0.2, 0.25) is 5.91 Å². The molecule has 3 N–H and O–H groups in total. The minimum Gasteiger partial charge on any atom is -0.354 e. The Kier molecular flexibility index (Phi) is 7.39. The first-order valence-electron chi connectivity index (χ1n) is 9.43. The Morgan fingerprint density at radius 1 is 1.21 bits per heavy atom. The van der Waals surface area contributed by atoms with Gasteiger partial charge in [-0.2, -0.15) is 0 Å². The molecule has 8 heteroatoms. The third kappa shape index (κ3) is 5.77. The van der Waals surface area contributed by atoms with Crippen molar-refractivity contribution in [1.82, 2.24) is 15.5 Å². The van der Waals surface area contributed by atoms with Gasteiger partial charge in [-0.3, -0.25) is 14.7 Å². The summed E-state index contributed by atoms with van der Waals surface area (Å²) in [5.41, 5.74) is 0.558. The number of aliphatic imine (C=N–C) groups is 1. The molecule has 2 aromatic rings. The molecule has 0 saturated carbocycles. The highest BCUT2D eigenvalue weighted by Gasteiger charge is 2.24. The van der Waals surface area contributed by atoms with E-state index in [2.05, 4.69) is 43.4 Å². The van der Waals surface area contributed by atoms with Crippen molar-refractivity contribution < 1.29 is 9.18 Å². The van der Waals surface area contributed by atoms with Gasteiger partial charge in [-0.1, -0.05) is 6.07 Å². The minimum atomic E-state index is -0.334. The molecule has 28 heavy (non-hydrogen) atoms. The SMILES string of the molecule is CN=C(NCC(=O)Nc1ccc(F)cc1)NCC(c1cccs1)N1CCCC1. The number of nitrogens with zero attached hydrogens (tertiary/aromatic N) is 2. The molecule has 150 valence electrons. The van der Waals surface area contributed by atoms with Crippen LogP contribution in [0.3, 0.4) is 0 Å².